The Kier molecular flexibility index (Phi) is 4.39. The molecule has 1 rings (SSSR count). The van der Waals surface area contributed by atoms with Crippen molar-refractivity contribution >= 4 is 39.9 Å². The van der Waals surface area contributed by atoms with Crippen LogP contribution in [0.15, 0.2) is 5.38 Å². The van der Waals surface area contributed by atoms with Gasteiger partial charge in [-0.25, -0.2) is 4.98 Å². The highest BCUT2D eigenvalue weighted by Crippen LogP contribution is 2.13. The maximum Gasteiger partial charge on any atom is 0.183 e. The average Bonchev–Trinajstić information content (AvgIpc) is 2.14. The van der Waals surface area contributed by atoms with Gasteiger partial charge in [0.05, 0.1) is 5.69 Å². The van der Waals surface area contributed by atoms with E-state index in [0.29, 0.717) is 11.0 Å². The largest absolute Gasteiger partial charge is 0.325 e. The fourth-order valence-corrected chi connectivity index (χ4v) is 1.17. The van der Waals surface area contributed by atoms with E-state index in [-0.39, 0.29) is 17.0 Å². The summed E-state index contributed by atoms with van der Waals surface area (Å²) in [6, 6.07) is 0. The van der Waals surface area contributed by atoms with Gasteiger partial charge in [0, 0.05) is 11.9 Å². The van der Waals surface area contributed by atoms with Gasteiger partial charge in [-0.15, -0.1) is 28.3 Å². The molecular weight excluding hydrogens is 223 g/mol. The second kappa shape index (κ2) is 4.22. The van der Waals surface area contributed by atoms with Crippen LogP contribution in [0.5, 0.6) is 0 Å². The van der Waals surface area contributed by atoms with Crippen molar-refractivity contribution < 1.29 is 0 Å². The molecule has 0 spiro atoms. The molecule has 1 aromatic rings. The van der Waals surface area contributed by atoms with Crippen LogP contribution in [-0.4, -0.2) is 4.98 Å². The van der Waals surface area contributed by atoms with E-state index in [9.17, 15) is 0 Å². The molecule has 0 amide bonds. The smallest absolute Gasteiger partial charge is 0.183 e. The van der Waals surface area contributed by atoms with Crippen LogP contribution >= 0.6 is 39.9 Å². The number of nitrogens with zero attached hydrogens (tertiary/aromatic N) is 1. The maximum absolute atomic E-state index is 5.49. The number of hydrogen-bond acceptors (Lipinski definition) is 3. The SMILES string of the molecule is Br.NCc1csc(Cl)n1. The molecule has 2 nitrogen and oxygen atoms in total. The minimum Gasteiger partial charge on any atom is -0.325 e. The molecule has 0 atom stereocenters. The van der Waals surface area contributed by atoms with Gasteiger partial charge in [0.2, 0.25) is 0 Å². The standard InChI is InChI=1S/C4H5ClN2S.BrH/c5-4-7-3(1-6)2-8-4;/h2H,1,6H2;1H. The molecule has 0 unspecified atom stereocenters. The van der Waals surface area contributed by atoms with E-state index < -0.39 is 0 Å². The van der Waals surface area contributed by atoms with Crippen LogP contribution in [-0.2, 0) is 6.54 Å². The number of rotatable bonds is 1. The molecule has 0 saturated heterocycles. The molecule has 0 saturated carbocycles. The van der Waals surface area contributed by atoms with Gasteiger partial charge in [0.15, 0.2) is 4.47 Å². The summed E-state index contributed by atoms with van der Waals surface area (Å²) in [7, 11) is 0. The summed E-state index contributed by atoms with van der Waals surface area (Å²) in [6.07, 6.45) is 0. The van der Waals surface area contributed by atoms with Crippen molar-refractivity contribution in [1.29, 1.82) is 0 Å². The van der Waals surface area contributed by atoms with E-state index in [4.69, 9.17) is 17.3 Å². The first-order chi connectivity index (χ1) is 3.83. The molecule has 52 valence electrons. The first kappa shape index (κ1) is 9.36. The highest BCUT2D eigenvalue weighted by Gasteiger charge is 1.93. The Hall–Kier alpha value is 0.360. The summed E-state index contributed by atoms with van der Waals surface area (Å²) in [5, 5.41) is 1.85. The predicted molar refractivity (Wildman–Crippen MR) is 45.3 cm³/mol. The fourth-order valence-electron chi connectivity index (χ4n) is 0.376. The van der Waals surface area contributed by atoms with Crippen LogP contribution in [0.3, 0.4) is 0 Å². The van der Waals surface area contributed by atoms with Gasteiger partial charge in [-0.3, -0.25) is 0 Å². The van der Waals surface area contributed by atoms with Crippen molar-refractivity contribution in [3.8, 4) is 0 Å². The van der Waals surface area contributed by atoms with E-state index in [2.05, 4.69) is 4.98 Å². The Morgan fingerprint density at radius 1 is 1.78 bits per heavy atom. The quantitative estimate of drug-likeness (QED) is 0.798. The summed E-state index contributed by atoms with van der Waals surface area (Å²) >= 11 is 6.89. The van der Waals surface area contributed by atoms with Gasteiger partial charge in [-0.1, -0.05) is 11.6 Å². The van der Waals surface area contributed by atoms with Crippen molar-refractivity contribution in [3.05, 3.63) is 15.5 Å². The van der Waals surface area contributed by atoms with Gasteiger partial charge in [-0.2, -0.15) is 0 Å². The minimum atomic E-state index is 0. The molecule has 0 fully saturated rings. The molecule has 5 heteroatoms. The lowest BCUT2D eigenvalue weighted by molar-refractivity contribution is 1.01. The van der Waals surface area contributed by atoms with Crippen LogP contribution in [0.4, 0.5) is 0 Å². The molecule has 0 aromatic carbocycles. The maximum atomic E-state index is 5.49. The lowest BCUT2D eigenvalue weighted by Crippen LogP contribution is -1.94. The van der Waals surface area contributed by atoms with Crippen LogP contribution in [0.1, 0.15) is 5.69 Å². The van der Waals surface area contributed by atoms with E-state index in [1.54, 1.807) is 0 Å². The third kappa shape index (κ3) is 2.62. The van der Waals surface area contributed by atoms with Crippen LogP contribution < -0.4 is 5.73 Å². The third-order valence-corrected chi connectivity index (χ3v) is 1.76. The van der Waals surface area contributed by atoms with Gasteiger partial charge in [0.1, 0.15) is 0 Å². The molecule has 0 aliphatic rings. The zero-order valence-electron chi connectivity index (χ0n) is 4.50. The van der Waals surface area contributed by atoms with Crippen molar-refractivity contribution in [3.63, 3.8) is 0 Å². The summed E-state index contributed by atoms with van der Waals surface area (Å²) in [5.74, 6) is 0. The Morgan fingerprint density at radius 2 is 2.44 bits per heavy atom. The van der Waals surface area contributed by atoms with Gasteiger partial charge >= 0.3 is 0 Å². The van der Waals surface area contributed by atoms with E-state index in [0.717, 1.165) is 5.69 Å². The zero-order valence-corrected chi connectivity index (χ0v) is 7.79. The molecule has 9 heavy (non-hydrogen) atoms. The molecule has 1 heterocycles. The molecule has 0 aliphatic heterocycles. The monoisotopic (exact) mass is 228 g/mol. The molecular formula is C4H6BrClN2S. The zero-order chi connectivity index (χ0) is 5.98. The van der Waals surface area contributed by atoms with Crippen LogP contribution in [0.2, 0.25) is 4.47 Å². The highest BCUT2D eigenvalue weighted by atomic mass is 79.9. The summed E-state index contributed by atoms with van der Waals surface area (Å²) < 4.78 is 0.561. The molecule has 0 aliphatic carbocycles. The molecule has 0 bridgehead atoms. The van der Waals surface area contributed by atoms with Crippen molar-refractivity contribution in [2.45, 2.75) is 6.54 Å². The number of halogens is 2. The van der Waals surface area contributed by atoms with Crippen LogP contribution in [0, 0.1) is 0 Å². The summed E-state index contributed by atoms with van der Waals surface area (Å²) in [6.45, 7) is 0.475. The lowest BCUT2D eigenvalue weighted by atomic mass is 10.5. The molecule has 1 aromatic heterocycles. The highest BCUT2D eigenvalue weighted by molar-refractivity contribution is 8.93. The average molecular weight is 230 g/mol. The van der Waals surface area contributed by atoms with Gasteiger partial charge < -0.3 is 5.73 Å². The normalized spacial score (nSPS) is 8.67. The van der Waals surface area contributed by atoms with E-state index in [1.807, 2.05) is 5.38 Å². The van der Waals surface area contributed by atoms with Gasteiger partial charge in [-0.05, 0) is 0 Å². The Morgan fingerprint density at radius 3 is 2.67 bits per heavy atom. The topological polar surface area (TPSA) is 38.9 Å². The molecule has 2 N–H and O–H groups in total. The number of aromatic nitrogens is 1. The lowest BCUT2D eigenvalue weighted by Gasteiger charge is -1.79. The number of nitrogens with two attached hydrogens (primary N) is 1. The fraction of sp³-hybridized carbons (Fsp3) is 0.250. The van der Waals surface area contributed by atoms with Gasteiger partial charge in [0.25, 0.3) is 0 Å². The number of hydrogen-bond donors (Lipinski definition) is 1. The van der Waals surface area contributed by atoms with Crippen molar-refractivity contribution in [1.82, 2.24) is 4.98 Å². The van der Waals surface area contributed by atoms with Crippen molar-refractivity contribution in [2.75, 3.05) is 0 Å². The predicted octanol–water partition coefficient (Wildman–Crippen LogP) is 1.83. The second-order valence-electron chi connectivity index (χ2n) is 1.30. The molecule has 0 radical (unpaired) electrons. The van der Waals surface area contributed by atoms with Crippen LogP contribution in [0.25, 0.3) is 0 Å². The van der Waals surface area contributed by atoms with Crippen molar-refractivity contribution in [2.24, 2.45) is 5.73 Å². The Labute approximate surface area is 72.8 Å². The third-order valence-electron chi connectivity index (χ3n) is 0.733. The minimum absolute atomic E-state index is 0. The number of thiazole rings is 1. The summed E-state index contributed by atoms with van der Waals surface area (Å²) in [5.41, 5.74) is 6.11. The Bertz CT molecular complexity index is 179. The summed E-state index contributed by atoms with van der Waals surface area (Å²) in [4.78, 5) is 3.89. The van der Waals surface area contributed by atoms with E-state index in [1.165, 1.54) is 11.3 Å². The second-order valence-corrected chi connectivity index (χ2v) is 2.74. The van der Waals surface area contributed by atoms with E-state index >= 15 is 0 Å². The first-order valence-corrected chi connectivity index (χ1v) is 3.38. The Balaban J connectivity index is 0.000000640. The first-order valence-electron chi connectivity index (χ1n) is 2.13.